The number of hydrogen-bond acceptors (Lipinski definition) is 6. The molecule has 11 heteroatoms. The summed E-state index contributed by atoms with van der Waals surface area (Å²) in [6.07, 6.45) is -1.67. The molecule has 2 aliphatic heterocycles. The van der Waals surface area contributed by atoms with E-state index in [0.717, 1.165) is 24.6 Å². The van der Waals surface area contributed by atoms with E-state index in [1.807, 2.05) is 24.3 Å². The maximum Gasteiger partial charge on any atom is 0.452 e. The van der Waals surface area contributed by atoms with Gasteiger partial charge in [0, 0.05) is 42.7 Å². The molecule has 2 aromatic carbocycles. The first kappa shape index (κ1) is 29.0. The molecule has 2 fully saturated rings. The van der Waals surface area contributed by atoms with Crippen LogP contribution in [-0.4, -0.2) is 39.9 Å². The van der Waals surface area contributed by atoms with E-state index in [9.17, 15) is 22.8 Å². The summed E-state index contributed by atoms with van der Waals surface area (Å²) in [7, 11) is 0. The quantitative estimate of drug-likeness (QED) is 0.207. The summed E-state index contributed by atoms with van der Waals surface area (Å²) in [5.41, 5.74) is 3.11. The smallest absolute Gasteiger partial charge is 0.351 e. The minimum atomic E-state index is -4.59. The monoisotopic (exact) mass is 594 g/mol. The molecular formula is C32H30F4N4O3. The van der Waals surface area contributed by atoms with E-state index in [2.05, 4.69) is 38.7 Å². The largest absolute Gasteiger partial charge is 0.452 e. The molecule has 6 rings (SSSR count). The van der Waals surface area contributed by atoms with Crippen LogP contribution in [0, 0.1) is 11.2 Å². The number of pyridine rings is 1. The summed E-state index contributed by atoms with van der Waals surface area (Å²) in [5, 5.41) is 6.27. The third-order valence-corrected chi connectivity index (χ3v) is 8.62. The van der Waals surface area contributed by atoms with Crippen LogP contribution in [0.1, 0.15) is 67.4 Å². The summed E-state index contributed by atoms with van der Waals surface area (Å²) >= 11 is 0. The van der Waals surface area contributed by atoms with Crippen molar-refractivity contribution in [2.24, 2.45) is 5.41 Å². The van der Waals surface area contributed by atoms with Gasteiger partial charge >= 0.3 is 6.18 Å². The molecule has 0 aliphatic carbocycles. The van der Waals surface area contributed by atoms with Crippen LogP contribution < -0.4 is 5.32 Å². The minimum absolute atomic E-state index is 0.0511. The Labute approximate surface area is 245 Å². The number of imide groups is 1. The number of nitrogens with zero attached hydrogens (tertiary/aromatic N) is 3. The maximum atomic E-state index is 16.1. The molecule has 2 unspecified atom stereocenters. The zero-order valence-electron chi connectivity index (χ0n) is 23.7. The number of halogens is 4. The predicted molar refractivity (Wildman–Crippen MR) is 150 cm³/mol. The van der Waals surface area contributed by atoms with Crippen molar-refractivity contribution in [3.63, 3.8) is 0 Å². The van der Waals surface area contributed by atoms with Gasteiger partial charge in [0.15, 0.2) is 0 Å². The van der Waals surface area contributed by atoms with Crippen molar-refractivity contribution >= 4 is 22.7 Å². The Morgan fingerprint density at radius 3 is 2.51 bits per heavy atom. The lowest BCUT2D eigenvalue weighted by Crippen LogP contribution is -2.44. The molecule has 2 amide bonds. The van der Waals surface area contributed by atoms with Crippen molar-refractivity contribution in [2.45, 2.75) is 57.7 Å². The normalized spacial score (nSPS) is 21.3. The number of amides is 2. The molecule has 1 N–H and O–H groups in total. The highest BCUT2D eigenvalue weighted by Crippen LogP contribution is 2.44. The molecule has 2 atom stereocenters. The van der Waals surface area contributed by atoms with Gasteiger partial charge < -0.3 is 4.52 Å². The van der Waals surface area contributed by atoms with E-state index in [1.54, 1.807) is 24.4 Å². The second kappa shape index (κ2) is 10.9. The third-order valence-electron chi connectivity index (χ3n) is 8.62. The van der Waals surface area contributed by atoms with Gasteiger partial charge in [-0.3, -0.25) is 24.8 Å². The van der Waals surface area contributed by atoms with Crippen molar-refractivity contribution in [1.29, 1.82) is 0 Å². The molecule has 2 aromatic heterocycles. The van der Waals surface area contributed by atoms with E-state index in [4.69, 9.17) is 0 Å². The van der Waals surface area contributed by atoms with Gasteiger partial charge in [-0.2, -0.15) is 13.2 Å². The zero-order chi connectivity index (χ0) is 30.5. The van der Waals surface area contributed by atoms with Crippen molar-refractivity contribution in [3.8, 4) is 11.3 Å². The molecule has 4 aromatic rings. The molecule has 224 valence electrons. The van der Waals surface area contributed by atoms with Crippen molar-refractivity contribution in [2.75, 3.05) is 13.1 Å². The van der Waals surface area contributed by atoms with Gasteiger partial charge in [-0.1, -0.05) is 49.3 Å². The van der Waals surface area contributed by atoms with Gasteiger partial charge in [-0.25, -0.2) is 4.39 Å². The van der Waals surface area contributed by atoms with E-state index < -0.39 is 17.9 Å². The minimum Gasteiger partial charge on any atom is -0.351 e. The SMILES string of the molecule is CC1(C)CN(Cc2ccc(-c3cc(C(F)(F)F)on3)cc2)CCC1c1ccc2ncc(C3CCC(=O)NC3=O)cc2c1F. The Morgan fingerprint density at radius 1 is 1.07 bits per heavy atom. The van der Waals surface area contributed by atoms with Crippen molar-refractivity contribution < 1.29 is 31.7 Å². The predicted octanol–water partition coefficient (Wildman–Crippen LogP) is 6.58. The zero-order valence-corrected chi connectivity index (χ0v) is 23.7. The molecule has 43 heavy (non-hydrogen) atoms. The standard InChI is InChI=1S/C32H30F4N4O3/c1-31(2)17-40(16-18-3-5-19(6-4-18)26-14-27(43-39-26)32(34,35)36)12-11-24(31)22-7-9-25-23(29(22)33)13-20(15-37-25)21-8-10-28(41)38-30(21)42/h3-7,9,13-15,21,24H,8,10-12,16-17H2,1-2H3,(H,38,41,42). The van der Waals surface area contributed by atoms with Crippen LogP contribution in [0.4, 0.5) is 17.6 Å². The van der Waals surface area contributed by atoms with E-state index in [0.29, 0.717) is 47.1 Å². The number of piperidine rings is 2. The fourth-order valence-electron chi connectivity index (χ4n) is 6.43. The molecule has 2 saturated heterocycles. The number of carbonyl (C=O) groups is 2. The van der Waals surface area contributed by atoms with Crippen LogP contribution in [-0.2, 0) is 22.3 Å². The van der Waals surface area contributed by atoms with Gasteiger partial charge in [0.05, 0.1) is 11.4 Å². The molecule has 0 spiro atoms. The number of nitrogens with one attached hydrogen (secondary N) is 1. The average molecular weight is 595 g/mol. The molecule has 4 heterocycles. The fourth-order valence-corrected chi connectivity index (χ4v) is 6.43. The molecular weight excluding hydrogens is 564 g/mol. The number of alkyl halides is 3. The first-order chi connectivity index (χ1) is 20.4. The number of carbonyl (C=O) groups excluding carboxylic acids is 2. The number of aromatic nitrogens is 2. The number of likely N-dealkylation sites (tertiary alicyclic amines) is 1. The second-order valence-corrected chi connectivity index (χ2v) is 12.1. The van der Waals surface area contributed by atoms with Gasteiger partial charge in [-0.15, -0.1) is 0 Å². The molecule has 2 aliphatic rings. The highest BCUT2D eigenvalue weighted by Gasteiger charge is 2.39. The highest BCUT2D eigenvalue weighted by molar-refractivity contribution is 6.01. The van der Waals surface area contributed by atoms with E-state index in [-0.39, 0.29) is 41.1 Å². The highest BCUT2D eigenvalue weighted by atomic mass is 19.4. The lowest BCUT2D eigenvalue weighted by molar-refractivity contribution is -0.155. The van der Waals surface area contributed by atoms with Gasteiger partial charge in [0.25, 0.3) is 0 Å². The van der Waals surface area contributed by atoms with Crippen LogP contribution >= 0.6 is 0 Å². The van der Waals surface area contributed by atoms with Crippen molar-refractivity contribution in [3.05, 3.63) is 83.0 Å². The summed E-state index contributed by atoms with van der Waals surface area (Å²) < 4.78 is 59.1. The first-order valence-corrected chi connectivity index (χ1v) is 14.2. The van der Waals surface area contributed by atoms with Crippen LogP contribution in [0.2, 0.25) is 0 Å². The van der Waals surface area contributed by atoms with E-state index >= 15 is 4.39 Å². The number of fused-ring (bicyclic) bond motifs is 1. The maximum absolute atomic E-state index is 16.1. The summed E-state index contributed by atoms with van der Waals surface area (Å²) in [6, 6.07) is 13.4. The van der Waals surface area contributed by atoms with Crippen LogP contribution in [0.15, 0.2) is 59.3 Å². The van der Waals surface area contributed by atoms with Crippen LogP contribution in [0.25, 0.3) is 22.2 Å². The fraction of sp³-hybridized carbons (Fsp3) is 0.375. The molecule has 0 saturated carbocycles. The van der Waals surface area contributed by atoms with Gasteiger partial charge in [-0.05, 0) is 59.5 Å². The van der Waals surface area contributed by atoms with E-state index in [1.165, 1.54) is 0 Å². The summed E-state index contributed by atoms with van der Waals surface area (Å²) in [5.74, 6) is -2.74. The Hall–Kier alpha value is -4.12. The Balaban J connectivity index is 1.16. The Morgan fingerprint density at radius 2 is 1.84 bits per heavy atom. The van der Waals surface area contributed by atoms with Crippen molar-refractivity contribution in [1.82, 2.24) is 20.4 Å². The summed E-state index contributed by atoms with van der Waals surface area (Å²) in [6.45, 7) is 6.33. The lowest BCUT2D eigenvalue weighted by Gasteiger charge is -2.45. The average Bonchev–Trinajstić information content (AvgIpc) is 3.45. The second-order valence-electron chi connectivity index (χ2n) is 12.1. The van der Waals surface area contributed by atoms with Gasteiger partial charge in [0.2, 0.25) is 17.6 Å². The van der Waals surface area contributed by atoms with Crippen LogP contribution in [0.3, 0.4) is 0 Å². The molecule has 0 radical (unpaired) electrons. The third kappa shape index (κ3) is 5.78. The number of hydrogen-bond donors (Lipinski definition) is 1. The topological polar surface area (TPSA) is 88.3 Å². The number of benzene rings is 2. The number of rotatable bonds is 5. The first-order valence-electron chi connectivity index (χ1n) is 14.2. The lowest BCUT2D eigenvalue weighted by atomic mass is 9.70. The Kier molecular flexibility index (Phi) is 7.32. The molecule has 7 nitrogen and oxygen atoms in total. The Bertz CT molecular complexity index is 1700. The molecule has 0 bridgehead atoms. The van der Waals surface area contributed by atoms with Crippen LogP contribution in [0.5, 0.6) is 0 Å². The van der Waals surface area contributed by atoms with Gasteiger partial charge in [0.1, 0.15) is 11.5 Å². The summed E-state index contributed by atoms with van der Waals surface area (Å²) in [4.78, 5) is 30.7.